The molecule has 102 valence electrons. The second-order valence-corrected chi connectivity index (χ2v) is 3.92. The maximum Gasteiger partial charge on any atom is 0.573 e. The number of halogens is 6. The summed E-state index contributed by atoms with van der Waals surface area (Å²) in [5.74, 6) is -1.79. The third-order valence-corrected chi connectivity index (χ3v) is 2.19. The first-order chi connectivity index (χ1) is 8.02. The Morgan fingerprint density at radius 2 is 1.56 bits per heavy atom. The second-order valence-electron chi connectivity index (χ2n) is 3.92. The molecule has 0 bridgehead atoms. The number of ether oxygens (including phenoxy) is 1. The molecule has 0 N–H and O–H groups in total. The summed E-state index contributed by atoms with van der Waals surface area (Å²) in [6, 6.07) is 2.89. The molecular weight excluding hydrogens is 262 g/mol. The molecule has 0 saturated heterocycles. The van der Waals surface area contributed by atoms with Gasteiger partial charge in [0, 0.05) is 0 Å². The van der Waals surface area contributed by atoms with Crippen molar-refractivity contribution in [1.82, 2.24) is 0 Å². The lowest BCUT2D eigenvalue weighted by molar-refractivity contribution is -0.276. The van der Waals surface area contributed by atoms with E-state index in [4.69, 9.17) is 0 Å². The average molecular weight is 272 g/mol. The zero-order chi connectivity index (χ0) is 14.1. The molecule has 1 aromatic rings. The Balaban J connectivity index is 3.39. The molecule has 0 radical (unpaired) electrons. The summed E-state index contributed by atoms with van der Waals surface area (Å²) in [6.07, 6.45) is -10.1. The smallest absolute Gasteiger partial charge is 0.405 e. The third kappa shape index (κ3) is 3.54. The van der Waals surface area contributed by atoms with Crippen molar-refractivity contribution < 1.29 is 31.1 Å². The van der Waals surface area contributed by atoms with Crippen LogP contribution in [0, 0.1) is 0 Å². The molecule has 1 nitrogen and oxygen atoms in total. The van der Waals surface area contributed by atoms with Crippen LogP contribution in [0.3, 0.4) is 0 Å². The molecule has 0 spiro atoms. The number of alkyl halides is 6. The van der Waals surface area contributed by atoms with Crippen molar-refractivity contribution in [2.45, 2.75) is 32.3 Å². The highest BCUT2D eigenvalue weighted by Gasteiger charge is 2.41. The van der Waals surface area contributed by atoms with Gasteiger partial charge < -0.3 is 4.74 Å². The first-order valence-electron chi connectivity index (χ1n) is 4.98. The van der Waals surface area contributed by atoms with Crippen LogP contribution < -0.4 is 4.74 Å². The van der Waals surface area contributed by atoms with Gasteiger partial charge in [0.05, 0.1) is 0 Å². The van der Waals surface area contributed by atoms with Crippen molar-refractivity contribution in [2.24, 2.45) is 0 Å². The summed E-state index contributed by atoms with van der Waals surface area (Å²) in [4.78, 5) is 0. The van der Waals surface area contributed by atoms with Gasteiger partial charge in [-0.05, 0) is 17.5 Å². The number of benzene rings is 1. The predicted molar refractivity (Wildman–Crippen MR) is 52.2 cm³/mol. The quantitative estimate of drug-likeness (QED) is 0.707. The van der Waals surface area contributed by atoms with Crippen molar-refractivity contribution in [3.63, 3.8) is 0 Å². The minimum absolute atomic E-state index is 0.232. The molecule has 7 heteroatoms. The van der Waals surface area contributed by atoms with E-state index in [0.29, 0.717) is 6.07 Å². The van der Waals surface area contributed by atoms with Gasteiger partial charge in [-0.25, -0.2) is 0 Å². The largest absolute Gasteiger partial charge is 0.573 e. The number of rotatable bonds is 2. The van der Waals surface area contributed by atoms with Crippen LogP contribution in [0.2, 0.25) is 0 Å². The van der Waals surface area contributed by atoms with Crippen molar-refractivity contribution in [1.29, 1.82) is 0 Å². The fourth-order valence-corrected chi connectivity index (χ4v) is 1.54. The molecule has 0 aliphatic rings. The zero-order valence-corrected chi connectivity index (χ0v) is 9.49. The number of hydrogen-bond donors (Lipinski definition) is 0. The Morgan fingerprint density at radius 1 is 1.00 bits per heavy atom. The predicted octanol–water partition coefficient (Wildman–Crippen LogP) is 4.73. The Labute approximate surface area is 99.4 Å². The molecule has 0 aliphatic carbocycles. The molecule has 0 amide bonds. The van der Waals surface area contributed by atoms with Gasteiger partial charge in [-0.15, -0.1) is 13.2 Å². The lowest BCUT2D eigenvalue weighted by Gasteiger charge is -2.20. The Bertz CT molecular complexity index is 419. The van der Waals surface area contributed by atoms with Crippen LogP contribution in [-0.2, 0) is 6.18 Å². The van der Waals surface area contributed by atoms with Gasteiger partial charge in [-0.1, -0.05) is 26.0 Å². The minimum Gasteiger partial charge on any atom is -0.405 e. The maximum absolute atomic E-state index is 12.8. The number of hydrogen-bond acceptors (Lipinski definition) is 1. The molecule has 0 aromatic heterocycles. The van der Waals surface area contributed by atoms with Gasteiger partial charge >= 0.3 is 12.5 Å². The Morgan fingerprint density at radius 3 is 1.94 bits per heavy atom. The monoisotopic (exact) mass is 272 g/mol. The standard InChI is InChI=1S/C11H10F6O/c1-6(2)7-4-3-5-8(18-11(15,16)17)9(7)10(12,13)14/h3-6H,1-2H3. The van der Waals surface area contributed by atoms with Gasteiger partial charge in [0.1, 0.15) is 11.3 Å². The van der Waals surface area contributed by atoms with E-state index in [2.05, 4.69) is 4.74 Å². The summed E-state index contributed by atoms with van der Waals surface area (Å²) in [7, 11) is 0. The SMILES string of the molecule is CC(C)c1cccc(OC(F)(F)F)c1C(F)(F)F. The fraction of sp³-hybridized carbons (Fsp3) is 0.455. The molecule has 0 saturated carbocycles. The van der Waals surface area contributed by atoms with Crippen LogP contribution in [0.25, 0.3) is 0 Å². The van der Waals surface area contributed by atoms with E-state index in [1.165, 1.54) is 13.8 Å². The van der Waals surface area contributed by atoms with Crippen molar-refractivity contribution in [2.75, 3.05) is 0 Å². The molecular formula is C11H10F6O. The maximum atomic E-state index is 12.8. The first-order valence-corrected chi connectivity index (χ1v) is 4.98. The highest BCUT2D eigenvalue weighted by atomic mass is 19.4. The topological polar surface area (TPSA) is 9.23 Å². The van der Waals surface area contributed by atoms with Gasteiger partial charge in [0.25, 0.3) is 0 Å². The van der Waals surface area contributed by atoms with Crippen LogP contribution in [0.5, 0.6) is 5.75 Å². The highest BCUT2D eigenvalue weighted by Crippen LogP contribution is 2.42. The van der Waals surface area contributed by atoms with Crippen LogP contribution in [0.1, 0.15) is 30.9 Å². The summed E-state index contributed by atoms with van der Waals surface area (Å²) < 4.78 is 78.0. The molecule has 0 heterocycles. The van der Waals surface area contributed by atoms with E-state index in [0.717, 1.165) is 12.1 Å². The van der Waals surface area contributed by atoms with Gasteiger partial charge in [-0.3, -0.25) is 0 Å². The summed E-state index contributed by atoms with van der Waals surface area (Å²) in [5, 5.41) is 0. The normalized spacial score (nSPS) is 12.9. The molecule has 0 aliphatic heterocycles. The molecule has 0 atom stereocenters. The lowest BCUT2D eigenvalue weighted by atomic mass is 9.96. The Hall–Kier alpha value is -1.40. The first kappa shape index (κ1) is 14.7. The van der Waals surface area contributed by atoms with Gasteiger partial charge in [0.15, 0.2) is 0 Å². The van der Waals surface area contributed by atoms with Gasteiger partial charge in [-0.2, -0.15) is 13.2 Å². The van der Waals surface area contributed by atoms with Crippen LogP contribution in [-0.4, -0.2) is 6.36 Å². The van der Waals surface area contributed by atoms with Crippen molar-refractivity contribution in [3.05, 3.63) is 29.3 Å². The lowest BCUT2D eigenvalue weighted by Crippen LogP contribution is -2.21. The van der Waals surface area contributed by atoms with E-state index in [-0.39, 0.29) is 5.56 Å². The van der Waals surface area contributed by atoms with Crippen LogP contribution in [0.15, 0.2) is 18.2 Å². The van der Waals surface area contributed by atoms with E-state index in [1.54, 1.807) is 0 Å². The summed E-state index contributed by atoms with van der Waals surface area (Å²) in [6.45, 7) is 2.92. The highest BCUT2D eigenvalue weighted by molar-refractivity contribution is 5.44. The van der Waals surface area contributed by atoms with Crippen LogP contribution in [0.4, 0.5) is 26.3 Å². The fourth-order valence-electron chi connectivity index (χ4n) is 1.54. The molecule has 18 heavy (non-hydrogen) atoms. The van der Waals surface area contributed by atoms with Crippen molar-refractivity contribution in [3.8, 4) is 5.75 Å². The van der Waals surface area contributed by atoms with E-state index < -0.39 is 29.8 Å². The average Bonchev–Trinajstić information content (AvgIpc) is 2.12. The van der Waals surface area contributed by atoms with Crippen molar-refractivity contribution >= 4 is 0 Å². The molecule has 0 unspecified atom stereocenters. The zero-order valence-electron chi connectivity index (χ0n) is 9.49. The van der Waals surface area contributed by atoms with E-state index in [9.17, 15) is 26.3 Å². The summed E-state index contributed by atoms with van der Waals surface area (Å²) >= 11 is 0. The van der Waals surface area contributed by atoms with E-state index in [1.807, 2.05) is 0 Å². The second kappa shape index (κ2) is 4.70. The minimum atomic E-state index is -5.16. The molecule has 1 aromatic carbocycles. The van der Waals surface area contributed by atoms with E-state index >= 15 is 0 Å². The van der Waals surface area contributed by atoms with Crippen LogP contribution >= 0.6 is 0 Å². The summed E-state index contributed by atoms with van der Waals surface area (Å²) in [5.41, 5.74) is -1.61. The third-order valence-electron chi connectivity index (χ3n) is 2.19. The molecule has 0 fully saturated rings. The Kier molecular flexibility index (Phi) is 3.83. The molecule has 1 rings (SSSR count). The van der Waals surface area contributed by atoms with Gasteiger partial charge in [0.2, 0.25) is 0 Å².